The Hall–Kier alpha value is -2.11. The molecular weight excluding hydrogens is 342 g/mol. The molecule has 1 heterocycles. The third-order valence-electron chi connectivity index (χ3n) is 4.61. The number of aryl methyl sites for hydroxylation is 1. The molecule has 27 heavy (non-hydrogen) atoms. The van der Waals surface area contributed by atoms with E-state index in [4.69, 9.17) is 0 Å². The van der Waals surface area contributed by atoms with Crippen LogP contribution in [0.3, 0.4) is 0 Å². The van der Waals surface area contributed by atoms with Crippen molar-refractivity contribution in [3.63, 3.8) is 0 Å². The first kappa shape index (κ1) is 22.9. The van der Waals surface area contributed by atoms with Gasteiger partial charge in [-0.1, -0.05) is 40.5 Å². The maximum Gasteiger partial charge on any atom is 0.274 e. The zero-order chi connectivity index (χ0) is 20.4. The molecule has 0 aliphatic heterocycles. The van der Waals surface area contributed by atoms with E-state index in [1.165, 1.54) is 10.6 Å². The lowest BCUT2D eigenvalue weighted by atomic mass is 9.97. The highest BCUT2D eigenvalue weighted by Gasteiger charge is 2.21. The lowest BCUT2D eigenvalue weighted by molar-refractivity contribution is -0.120. The molecule has 0 aliphatic rings. The standard InChI is InChI=1S/C21H35N3O3/c1-6-10-16(11-7-2)19(25)22-18-14-17(15-23(5)21(18)27)20(26)24(12-8-3)13-9-4/h14-16H,6-13H2,1-5H3,(H,22,25). The summed E-state index contributed by atoms with van der Waals surface area (Å²) >= 11 is 0. The van der Waals surface area contributed by atoms with Gasteiger partial charge in [-0.3, -0.25) is 14.4 Å². The van der Waals surface area contributed by atoms with E-state index >= 15 is 0 Å². The van der Waals surface area contributed by atoms with Crippen LogP contribution in [0.15, 0.2) is 17.1 Å². The smallest absolute Gasteiger partial charge is 0.274 e. The number of amides is 2. The van der Waals surface area contributed by atoms with E-state index in [0.29, 0.717) is 18.7 Å². The van der Waals surface area contributed by atoms with Gasteiger partial charge in [0.15, 0.2) is 0 Å². The predicted molar refractivity (Wildman–Crippen MR) is 110 cm³/mol. The molecule has 0 aromatic carbocycles. The Morgan fingerprint density at radius 1 is 1.04 bits per heavy atom. The summed E-state index contributed by atoms with van der Waals surface area (Å²) in [6.07, 6.45) is 6.70. The topological polar surface area (TPSA) is 71.4 Å². The zero-order valence-corrected chi connectivity index (χ0v) is 17.5. The summed E-state index contributed by atoms with van der Waals surface area (Å²) in [5.74, 6) is -0.358. The fourth-order valence-corrected chi connectivity index (χ4v) is 3.29. The minimum absolute atomic E-state index is 0.108. The average molecular weight is 378 g/mol. The lowest BCUT2D eigenvalue weighted by Crippen LogP contribution is -2.34. The molecule has 0 spiro atoms. The van der Waals surface area contributed by atoms with Crippen molar-refractivity contribution in [2.24, 2.45) is 13.0 Å². The van der Waals surface area contributed by atoms with Crippen molar-refractivity contribution in [3.05, 3.63) is 28.2 Å². The molecule has 0 atom stereocenters. The van der Waals surface area contributed by atoms with E-state index in [0.717, 1.165) is 38.5 Å². The molecule has 6 nitrogen and oxygen atoms in total. The normalized spacial score (nSPS) is 10.9. The fraction of sp³-hybridized carbons (Fsp3) is 0.667. The van der Waals surface area contributed by atoms with Crippen molar-refractivity contribution in [3.8, 4) is 0 Å². The van der Waals surface area contributed by atoms with Crippen LogP contribution < -0.4 is 10.9 Å². The van der Waals surface area contributed by atoms with Gasteiger partial charge in [-0.15, -0.1) is 0 Å². The number of carbonyl (C=O) groups excluding carboxylic acids is 2. The molecule has 2 amide bonds. The van der Waals surface area contributed by atoms with Gasteiger partial charge >= 0.3 is 0 Å². The zero-order valence-electron chi connectivity index (χ0n) is 17.5. The summed E-state index contributed by atoms with van der Waals surface area (Å²) in [7, 11) is 1.61. The Kier molecular flexibility index (Phi) is 9.83. The second-order valence-corrected chi connectivity index (χ2v) is 7.11. The van der Waals surface area contributed by atoms with Crippen molar-refractivity contribution < 1.29 is 9.59 Å². The molecule has 0 radical (unpaired) electrons. The second-order valence-electron chi connectivity index (χ2n) is 7.11. The molecule has 1 N–H and O–H groups in total. The summed E-state index contributed by atoms with van der Waals surface area (Å²) in [5.41, 5.74) is 0.305. The third kappa shape index (κ3) is 6.52. The Balaban J connectivity index is 3.13. The average Bonchev–Trinajstić information content (AvgIpc) is 2.64. The van der Waals surface area contributed by atoms with Gasteiger partial charge in [0.2, 0.25) is 5.91 Å². The van der Waals surface area contributed by atoms with Crippen molar-refractivity contribution in [1.29, 1.82) is 0 Å². The maximum absolute atomic E-state index is 12.9. The van der Waals surface area contributed by atoms with Crippen LogP contribution in [0.4, 0.5) is 5.69 Å². The number of anilines is 1. The largest absolute Gasteiger partial charge is 0.339 e. The van der Waals surface area contributed by atoms with E-state index in [1.807, 2.05) is 27.7 Å². The first-order valence-corrected chi connectivity index (χ1v) is 10.2. The van der Waals surface area contributed by atoms with Crippen molar-refractivity contribution >= 4 is 17.5 Å². The Morgan fingerprint density at radius 3 is 2.07 bits per heavy atom. The van der Waals surface area contributed by atoms with E-state index in [9.17, 15) is 14.4 Å². The summed E-state index contributed by atoms with van der Waals surface area (Å²) in [5, 5.41) is 2.78. The number of pyridine rings is 1. The van der Waals surface area contributed by atoms with Gasteiger partial charge in [0.25, 0.3) is 11.5 Å². The van der Waals surface area contributed by atoms with Gasteiger partial charge in [-0.25, -0.2) is 0 Å². The Bertz CT molecular complexity index is 670. The van der Waals surface area contributed by atoms with Gasteiger partial charge in [0.05, 0.1) is 5.56 Å². The quantitative estimate of drug-likeness (QED) is 0.637. The molecule has 0 fully saturated rings. The van der Waals surface area contributed by atoms with Crippen LogP contribution >= 0.6 is 0 Å². The Labute approximate surface area is 162 Å². The predicted octanol–water partition coefficient (Wildman–Crippen LogP) is 3.80. The molecule has 1 aromatic rings. The molecule has 0 saturated heterocycles. The number of rotatable bonds is 11. The van der Waals surface area contributed by atoms with Crippen LogP contribution in [0.25, 0.3) is 0 Å². The molecule has 0 bridgehead atoms. The maximum atomic E-state index is 12.9. The highest BCUT2D eigenvalue weighted by atomic mass is 16.2. The van der Waals surface area contributed by atoms with Crippen LogP contribution in [-0.4, -0.2) is 34.4 Å². The van der Waals surface area contributed by atoms with E-state index in [2.05, 4.69) is 5.32 Å². The minimum atomic E-state index is -0.302. The molecular formula is C21H35N3O3. The monoisotopic (exact) mass is 377 g/mol. The van der Waals surface area contributed by atoms with Crippen LogP contribution in [0.5, 0.6) is 0 Å². The van der Waals surface area contributed by atoms with E-state index in [-0.39, 0.29) is 29.0 Å². The molecule has 0 saturated carbocycles. The highest BCUT2D eigenvalue weighted by molar-refractivity contribution is 5.97. The van der Waals surface area contributed by atoms with Crippen LogP contribution in [-0.2, 0) is 11.8 Å². The minimum Gasteiger partial charge on any atom is -0.339 e. The van der Waals surface area contributed by atoms with Crippen LogP contribution in [0.2, 0.25) is 0 Å². The number of nitrogens with zero attached hydrogens (tertiary/aromatic N) is 2. The van der Waals surface area contributed by atoms with Gasteiger partial charge in [0, 0.05) is 32.3 Å². The number of hydrogen-bond donors (Lipinski definition) is 1. The van der Waals surface area contributed by atoms with E-state index in [1.54, 1.807) is 18.1 Å². The molecule has 6 heteroatoms. The molecule has 152 valence electrons. The summed E-state index contributed by atoms with van der Waals surface area (Å²) in [6, 6.07) is 1.52. The summed E-state index contributed by atoms with van der Waals surface area (Å²) in [4.78, 5) is 39.7. The van der Waals surface area contributed by atoms with Crippen molar-refractivity contribution in [2.45, 2.75) is 66.2 Å². The van der Waals surface area contributed by atoms with Crippen LogP contribution in [0.1, 0.15) is 76.6 Å². The van der Waals surface area contributed by atoms with Gasteiger partial charge in [0.1, 0.15) is 5.69 Å². The third-order valence-corrected chi connectivity index (χ3v) is 4.61. The number of aromatic nitrogens is 1. The highest BCUT2D eigenvalue weighted by Crippen LogP contribution is 2.17. The van der Waals surface area contributed by atoms with Crippen LogP contribution in [0, 0.1) is 5.92 Å². The summed E-state index contributed by atoms with van der Waals surface area (Å²) < 4.78 is 1.37. The fourth-order valence-electron chi connectivity index (χ4n) is 3.29. The van der Waals surface area contributed by atoms with Crippen molar-refractivity contribution in [2.75, 3.05) is 18.4 Å². The first-order chi connectivity index (χ1) is 12.9. The number of nitrogens with one attached hydrogen (secondary N) is 1. The summed E-state index contributed by atoms with van der Waals surface area (Å²) in [6.45, 7) is 9.50. The van der Waals surface area contributed by atoms with Gasteiger partial charge in [-0.2, -0.15) is 0 Å². The Morgan fingerprint density at radius 2 is 1.59 bits per heavy atom. The van der Waals surface area contributed by atoms with Gasteiger partial charge < -0.3 is 14.8 Å². The van der Waals surface area contributed by atoms with Crippen molar-refractivity contribution in [1.82, 2.24) is 9.47 Å². The SMILES string of the molecule is CCCC(CCC)C(=O)Nc1cc(C(=O)N(CCC)CCC)cn(C)c1=O. The lowest BCUT2D eigenvalue weighted by Gasteiger charge is -2.22. The first-order valence-electron chi connectivity index (χ1n) is 10.2. The molecule has 1 aromatic heterocycles. The molecule has 1 rings (SSSR count). The number of carbonyl (C=O) groups is 2. The molecule has 0 unspecified atom stereocenters. The number of hydrogen-bond acceptors (Lipinski definition) is 3. The second kappa shape index (κ2) is 11.6. The van der Waals surface area contributed by atoms with E-state index < -0.39 is 0 Å². The van der Waals surface area contributed by atoms with Gasteiger partial charge in [-0.05, 0) is 31.7 Å². The molecule has 0 aliphatic carbocycles.